The smallest absolute Gasteiger partial charge is 0.226 e. The van der Waals surface area contributed by atoms with Crippen LogP contribution in [0.1, 0.15) is 35.0 Å². The molecule has 0 bridgehead atoms. The zero-order chi connectivity index (χ0) is 20.3. The van der Waals surface area contributed by atoms with Gasteiger partial charge in [0, 0.05) is 22.9 Å². The molecule has 4 heterocycles. The molecule has 8 nitrogen and oxygen atoms in total. The van der Waals surface area contributed by atoms with Gasteiger partial charge in [0.25, 0.3) is 0 Å². The van der Waals surface area contributed by atoms with Gasteiger partial charge in [-0.15, -0.1) is 15.3 Å². The molecule has 0 spiro atoms. The lowest BCUT2D eigenvalue weighted by Gasteiger charge is -2.25. The zero-order valence-corrected chi connectivity index (χ0v) is 16.3. The van der Waals surface area contributed by atoms with Crippen LogP contribution in [0.2, 0.25) is 5.02 Å². The molecule has 1 amide bonds. The van der Waals surface area contributed by atoms with Crippen molar-refractivity contribution in [3.8, 4) is 5.82 Å². The van der Waals surface area contributed by atoms with Crippen LogP contribution in [0.15, 0.2) is 30.3 Å². The van der Waals surface area contributed by atoms with E-state index in [2.05, 4.69) is 25.7 Å². The molecule has 5 rings (SSSR count). The summed E-state index contributed by atoms with van der Waals surface area (Å²) in [7, 11) is 0. The average Bonchev–Trinajstić information content (AvgIpc) is 3.21. The number of benzene rings is 1. The van der Waals surface area contributed by atoms with Crippen molar-refractivity contribution in [2.75, 3.05) is 5.32 Å². The van der Waals surface area contributed by atoms with Gasteiger partial charge in [-0.1, -0.05) is 17.7 Å². The highest BCUT2D eigenvalue weighted by Gasteiger charge is 2.34. The Balaban J connectivity index is 1.69. The number of anilines is 1. The number of rotatable bonds is 2. The van der Waals surface area contributed by atoms with Crippen molar-refractivity contribution in [3.63, 3.8) is 0 Å². The standard InChI is InChI=1S/C19H15ClFN7O/c1-9-18-13(12-4-3-11(21)7-14(12)20)8-17(29)22-19(18)28(25-9)16-6-5-15-24-23-10(2)27(15)26-16/h3-7,13H,8H2,1-2H3,(H,22,29)/t13-/m1/s1. The first-order valence-corrected chi connectivity index (χ1v) is 9.34. The average molecular weight is 412 g/mol. The number of carbonyl (C=O) groups excluding carboxylic acids is 1. The summed E-state index contributed by atoms with van der Waals surface area (Å²) < 4.78 is 16.7. The summed E-state index contributed by atoms with van der Waals surface area (Å²) in [6.07, 6.45) is 0.196. The van der Waals surface area contributed by atoms with E-state index in [1.807, 2.05) is 6.92 Å². The third-order valence-corrected chi connectivity index (χ3v) is 5.39. The molecular formula is C19H15ClFN7O. The molecule has 0 aliphatic carbocycles. The van der Waals surface area contributed by atoms with E-state index < -0.39 is 5.82 Å². The Bertz CT molecular complexity index is 1300. The zero-order valence-electron chi connectivity index (χ0n) is 15.5. The number of halogens is 2. The van der Waals surface area contributed by atoms with E-state index in [-0.39, 0.29) is 23.3 Å². The van der Waals surface area contributed by atoms with E-state index in [0.29, 0.717) is 28.7 Å². The van der Waals surface area contributed by atoms with Crippen molar-refractivity contribution >= 4 is 29.0 Å². The van der Waals surface area contributed by atoms with Gasteiger partial charge in [0.15, 0.2) is 17.3 Å². The van der Waals surface area contributed by atoms with Gasteiger partial charge in [0.2, 0.25) is 5.91 Å². The van der Waals surface area contributed by atoms with E-state index in [0.717, 1.165) is 11.3 Å². The first-order valence-electron chi connectivity index (χ1n) is 8.96. The number of hydrogen-bond acceptors (Lipinski definition) is 5. The molecule has 0 fully saturated rings. The number of fused-ring (bicyclic) bond motifs is 2. The van der Waals surface area contributed by atoms with Crippen LogP contribution in [-0.2, 0) is 4.79 Å². The second-order valence-corrected chi connectivity index (χ2v) is 7.35. The second-order valence-electron chi connectivity index (χ2n) is 6.94. The van der Waals surface area contributed by atoms with Gasteiger partial charge in [-0.3, -0.25) is 4.79 Å². The summed E-state index contributed by atoms with van der Waals surface area (Å²) in [6.45, 7) is 3.66. The molecule has 1 N–H and O–H groups in total. The first-order chi connectivity index (χ1) is 13.9. The van der Waals surface area contributed by atoms with Gasteiger partial charge < -0.3 is 5.32 Å². The minimum Gasteiger partial charge on any atom is -0.310 e. The third-order valence-electron chi connectivity index (χ3n) is 5.06. The topological polar surface area (TPSA) is 90.0 Å². The number of carbonyl (C=O) groups is 1. The van der Waals surface area contributed by atoms with Gasteiger partial charge in [-0.2, -0.15) is 14.3 Å². The molecule has 10 heteroatoms. The van der Waals surface area contributed by atoms with Crippen LogP contribution in [0.3, 0.4) is 0 Å². The van der Waals surface area contributed by atoms with Crippen LogP contribution in [0.5, 0.6) is 0 Å². The van der Waals surface area contributed by atoms with Crippen LogP contribution in [0, 0.1) is 19.7 Å². The van der Waals surface area contributed by atoms with E-state index in [9.17, 15) is 9.18 Å². The van der Waals surface area contributed by atoms with Crippen LogP contribution >= 0.6 is 11.6 Å². The number of aryl methyl sites for hydroxylation is 2. The molecule has 1 aromatic carbocycles. The molecule has 1 atom stereocenters. The first kappa shape index (κ1) is 17.7. The molecule has 29 heavy (non-hydrogen) atoms. The summed E-state index contributed by atoms with van der Waals surface area (Å²) in [6, 6.07) is 7.76. The Kier molecular flexibility index (Phi) is 3.88. The van der Waals surface area contributed by atoms with Crippen molar-refractivity contribution < 1.29 is 9.18 Å². The monoisotopic (exact) mass is 411 g/mol. The van der Waals surface area contributed by atoms with Crippen molar-refractivity contribution in [2.45, 2.75) is 26.2 Å². The molecule has 1 aliphatic heterocycles. The van der Waals surface area contributed by atoms with E-state index >= 15 is 0 Å². The molecule has 1 aliphatic rings. The summed E-state index contributed by atoms with van der Waals surface area (Å²) in [5.74, 6) is 0.747. The lowest BCUT2D eigenvalue weighted by Crippen LogP contribution is -2.25. The number of aromatic nitrogens is 6. The molecule has 3 aromatic heterocycles. The Morgan fingerprint density at radius 1 is 1.17 bits per heavy atom. The normalized spacial score (nSPS) is 16.1. The van der Waals surface area contributed by atoms with Gasteiger partial charge in [0.05, 0.1) is 5.69 Å². The summed E-state index contributed by atoms with van der Waals surface area (Å²) in [4.78, 5) is 12.5. The Morgan fingerprint density at radius 2 is 2.00 bits per heavy atom. The van der Waals surface area contributed by atoms with Crippen LogP contribution in [-0.4, -0.2) is 35.5 Å². The second kappa shape index (κ2) is 6.35. The predicted molar refractivity (Wildman–Crippen MR) is 104 cm³/mol. The molecule has 146 valence electrons. The predicted octanol–water partition coefficient (Wildman–Crippen LogP) is 3.19. The van der Waals surface area contributed by atoms with Crippen molar-refractivity contribution in [2.24, 2.45) is 0 Å². The van der Waals surface area contributed by atoms with Gasteiger partial charge in [-0.25, -0.2) is 4.39 Å². The minimum atomic E-state index is -0.423. The summed E-state index contributed by atoms with van der Waals surface area (Å²) in [5.41, 5.74) is 2.86. The summed E-state index contributed by atoms with van der Waals surface area (Å²) >= 11 is 6.30. The quantitative estimate of drug-likeness (QED) is 0.547. The fourth-order valence-corrected chi connectivity index (χ4v) is 4.06. The molecule has 4 aromatic rings. The van der Waals surface area contributed by atoms with Crippen LogP contribution in [0.25, 0.3) is 11.5 Å². The minimum absolute atomic E-state index is 0.175. The maximum absolute atomic E-state index is 13.5. The lowest BCUT2D eigenvalue weighted by atomic mass is 9.86. The van der Waals surface area contributed by atoms with E-state index in [1.54, 1.807) is 34.3 Å². The fourth-order valence-electron chi connectivity index (χ4n) is 3.76. The maximum atomic E-state index is 13.5. The SMILES string of the molecule is Cc1nn(-c2ccc3nnc(C)n3n2)c2c1[C@@H](c1ccc(F)cc1Cl)CC(=O)N2. The summed E-state index contributed by atoms with van der Waals surface area (Å²) in [5, 5.41) is 20.4. The number of hydrogen-bond donors (Lipinski definition) is 1. The number of nitrogens with zero attached hydrogens (tertiary/aromatic N) is 6. The van der Waals surface area contributed by atoms with Gasteiger partial charge in [-0.05, 0) is 43.7 Å². The largest absolute Gasteiger partial charge is 0.310 e. The highest BCUT2D eigenvalue weighted by atomic mass is 35.5. The molecule has 0 radical (unpaired) electrons. The Morgan fingerprint density at radius 3 is 2.79 bits per heavy atom. The number of amides is 1. The molecule has 0 unspecified atom stereocenters. The Labute approximate surface area is 169 Å². The number of nitrogens with one attached hydrogen (secondary N) is 1. The van der Waals surface area contributed by atoms with E-state index in [4.69, 9.17) is 11.6 Å². The Hall–Kier alpha value is -3.33. The van der Waals surface area contributed by atoms with Crippen molar-refractivity contribution in [1.29, 1.82) is 0 Å². The highest BCUT2D eigenvalue weighted by molar-refractivity contribution is 6.31. The van der Waals surface area contributed by atoms with Crippen LogP contribution < -0.4 is 5.32 Å². The fraction of sp³-hybridized carbons (Fsp3) is 0.211. The van der Waals surface area contributed by atoms with Crippen LogP contribution in [0.4, 0.5) is 10.2 Å². The van der Waals surface area contributed by atoms with Gasteiger partial charge in [0.1, 0.15) is 11.6 Å². The molecular weight excluding hydrogens is 397 g/mol. The maximum Gasteiger partial charge on any atom is 0.226 e. The third kappa shape index (κ3) is 2.77. The molecule has 0 saturated heterocycles. The van der Waals surface area contributed by atoms with E-state index in [1.165, 1.54) is 12.1 Å². The molecule has 0 saturated carbocycles. The van der Waals surface area contributed by atoms with Crippen molar-refractivity contribution in [1.82, 2.24) is 29.6 Å². The highest BCUT2D eigenvalue weighted by Crippen LogP contribution is 2.42. The van der Waals surface area contributed by atoms with Gasteiger partial charge >= 0.3 is 0 Å². The lowest BCUT2D eigenvalue weighted by molar-refractivity contribution is -0.116. The van der Waals surface area contributed by atoms with Crippen molar-refractivity contribution in [3.05, 3.63) is 63.8 Å².